The van der Waals surface area contributed by atoms with Gasteiger partial charge in [0, 0.05) is 5.33 Å². The summed E-state index contributed by atoms with van der Waals surface area (Å²) in [6.45, 7) is 2.16. The van der Waals surface area contributed by atoms with Gasteiger partial charge in [-0.25, -0.2) is 0 Å². The van der Waals surface area contributed by atoms with Crippen molar-refractivity contribution in [2.24, 2.45) is 0 Å². The fourth-order valence-electron chi connectivity index (χ4n) is 1.05. The summed E-state index contributed by atoms with van der Waals surface area (Å²) >= 11 is 3.42. The molecule has 0 spiro atoms. The summed E-state index contributed by atoms with van der Waals surface area (Å²) in [6.07, 6.45) is 3.34. The quantitative estimate of drug-likeness (QED) is 0.685. The van der Waals surface area contributed by atoms with Crippen LogP contribution in [0.1, 0.15) is 18.9 Å². The van der Waals surface area contributed by atoms with Crippen molar-refractivity contribution in [1.82, 2.24) is 0 Å². The van der Waals surface area contributed by atoms with E-state index >= 15 is 0 Å². The molecule has 0 saturated carbocycles. The van der Waals surface area contributed by atoms with Crippen molar-refractivity contribution in [3.8, 4) is 0 Å². The summed E-state index contributed by atoms with van der Waals surface area (Å²) in [5.74, 6) is 0. The monoisotopic (exact) mass is 224 g/mol. The third-order valence-electron chi connectivity index (χ3n) is 1.70. The molecule has 0 aliphatic heterocycles. The molecule has 1 rings (SSSR count). The topological polar surface area (TPSA) is 0 Å². The SMILES string of the molecule is CC(=Cc1ccccc1)CCBr. The van der Waals surface area contributed by atoms with Crippen molar-refractivity contribution in [3.05, 3.63) is 41.5 Å². The fourth-order valence-corrected chi connectivity index (χ4v) is 1.68. The minimum absolute atomic E-state index is 1.04. The Hall–Kier alpha value is -0.560. The molecule has 0 unspecified atom stereocenters. The van der Waals surface area contributed by atoms with Gasteiger partial charge in [-0.1, -0.05) is 57.9 Å². The summed E-state index contributed by atoms with van der Waals surface area (Å²) in [5.41, 5.74) is 2.70. The highest BCUT2D eigenvalue weighted by molar-refractivity contribution is 9.09. The molecular formula is C11H13Br. The van der Waals surface area contributed by atoms with E-state index in [0.717, 1.165) is 11.8 Å². The summed E-state index contributed by atoms with van der Waals surface area (Å²) in [5, 5.41) is 1.04. The third-order valence-corrected chi connectivity index (χ3v) is 2.10. The Kier molecular flexibility index (Phi) is 4.09. The van der Waals surface area contributed by atoms with E-state index in [2.05, 4.69) is 53.2 Å². The van der Waals surface area contributed by atoms with E-state index in [1.807, 2.05) is 6.07 Å². The molecule has 64 valence electrons. The van der Waals surface area contributed by atoms with E-state index < -0.39 is 0 Å². The summed E-state index contributed by atoms with van der Waals surface area (Å²) in [4.78, 5) is 0. The van der Waals surface area contributed by atoms with Crippen LogP contribution in [0.2, 0.25) is 0 Å². The van der Waals surface area contributed by atoms with Crippen LogP contribution in [0.25, 0.3) is 6.08 Å². The molecule has 0 aliphatic carbocycles. The number of benzene rings is 1. The standard InChI is InChI=1S/C11H13Br/c1-10(7-8-12)9-11-5-3-2-4-6-11/h2-6,9H,7-8H2,1H3. The first kappa shape index (κ1) is 9.53. The minimum atomic E-state index is 1.04. The maximum Gasteiger partial charge on any atom is 0.00685 e. The summed E-state index contributed by atoms with van der Waals surface area (Å²) < 4.78 is 0. The van der Waals surface area contributed by atoms with Crippen molar-refractivity contribution in [1.29, 1.82) is 0 Å². The number of hydrogen-bond donors (Lipinski definition) is 0. The average molecular weight is 225 g/mol. The Bertz CT molecular complexity index is 249. The number of halogens is 1. The Labute approximate surface area is 82.4 Å². The molecule has 12 heavy (non-hydrogen) atoms. The zero-order valence-corrected chi connectivity index (χ0v) is 8.84. The van der Waals surface area contributed by atoms with Crippen molar-refractivity contribution >= 4 is 22.0 Å². The lowest BCUT2D eigenvalue weighted by atomic mass is 10.1. The van der Waals surface area contributed by atoms with Crippen LogP contribution in [0.15, 0.2) is 35.9 Å². The molecule has 0 saturated heterocycles. The smallest absolute Gasteiger partial charge is 0.00685 e. The largest absolute Gasteiger partial charge is 0.0925 e. The maximum absolute atomic E-state index is 3.42. The van der Waals surface area contributed by atoms with Crippen molar-refractivity contribution in [3.63, 3.8) is 0 Å². The van der Waals surface area contributed by atoms with Crippen LogP contribution in [-0.2, 0) is 0 Å². The van der Waals surface area contributed by atoms with Gasteiger partial charge in [0.25, 0.3) is 0 Å². The van der Waals surface area contributed by atoms with Crippen LogP contribution in [-0.4, -0.2) is 5.33 Å². The number of alkyl halides is 1. The first-order chi connectivity index (χ1) is 5.83. The average Bonchev–Trinajstić information content (AvgIpc) is 2.06. The van der Waals surface area contributed by atoms with Gasteiger partial charge < -0.3 is 0 Å². The highest BCUT2D eigenvalue weighted by atomic mass is 79.9. The molecule has 1 aromatic rings. The Morgan fingerprint density at radius 2 is 2.00 bits per heavy atom. The van der Waals surface area contributed by atoms with Gasteiger partial charge in [0.1, 0.15) is 0 Å². The predicted molar refractivity (Wildman–Crippen MR) is 58.5 cm³/mol. The second-order valence-electron chi connectivity index (χ2n) is 2.84. The van der Waals surface area contributed by atoms with Crippen LogP contribution in [0.4, 0.5) is 0 Å². The molecule has 1 aromatic carbocycles. The fraction of sp³-hybridized carbons (Fsp3) is 0.273. The number of hydrogen-bond acceptors (Lipinski definition) is 0. The first-order valence-electron chi connectivity index (χ1n) is 4.11. The van der Waals surface area contributed by atoms with Crippen LogP contribution >= 0.6 is 15.9 Å². The van der Waals surface area contributed by atoms with E-state index in [1.54, 1.807) is 0 Å². The van der Waals surface area contributed by atoms with Crippen LogP contribution in [0, 0.1) is 0 Å². The van der Waals surface area contributed by atoms with E-state index in [0.29, 0.717) is 0 Å². The maximum atomic E-state index is 3.42. The van der Waals surface area contributed by atoms with Gasteiger partial charge in [-0.2, -0.15) is 0 Å². The van der Waals surface area contributed by atoms with Gasteiger partial charge >= 0.3 is 0 Å². The molecule has 0 fully saturated rings. The summed E-state index contributed by atoms with van der Waals surface area (Å²) in [6, 6.07) is 10.4. The molecule has 0 N–H and O–H groups in total. The van der Waals surface area contributed by atoms with Gasteiger partial charge in [-0.05, 0) is 18.9 Å². The molecule has 0 bridgehead atoms. The number of allylic oxidation sites excluding steroid dienone is 1. The van der Waals surface area contributed by atoms with Crippen LogP contribution < -0.4 is 0 Å². The van der Waals surface area contributed by atoms with E-state index in [-0.39, 0.29) is 0 Å². The van der Waals surface area contributed by atoms with Crippen LogP contribution in [0.3, 0.4) is 0 Å². The molecule has 0 radical (unpaired) electrons. The van der Waals surface area contributed by atoms with Gasteiger partial charge in [0.2, 0.25) is 0 Å². The molecule has 0 atom stereocenters. The van der Waals surface area contributed by atoms with Gasteiger partial charge in [-0.15, -0.1) is 0 Å². The predicted octanol–water partition coefficient (Wildman–Crippen LogP) is 3.87. The molecular weight excluding hydrogens is 212 g/mol. The Morgan fingerprint density at radius 3 is 2.58 bits per heavy atom. The van der Waals surface area contributed by atoms with E-state index in [4.69, 9.17) is 0 Å². The van der Waals surface area contributed by atoms with E-state index in [9.17, 15) is 0 Å². The Morgan fingerprint density at radius 1 is 1.33 bits per heavy atom. The Balaban J connectivity index is 2.67. The first-order valence-corrected chi connectivity index (χ1v) is 5.23. The van der Waals surface area contributed by atoms with Crippen molar-refractivity contribution in [2.75, 3.05) is 5.33 Å². The normalized spacial score (nSPS) is 11.7. The van der Waals surface area contributed by atoms with E-state index in [1.165, 1.54) is 11.1 Å². The molecule has 1 heteroatoms. The zero-order chi connectivity index (χ0) is 8.81. The summed E-state index contributed by atoms with van der Waals surface area (Å²) in [7, 11) is 0. The lowest BCUT2D eigenvalue weighted by Gasteiger charge is -1.97. The molecule has 0 nitrogen and oxygen atoms in total. The minimum Gasteiger partial charge on any atom is -0.0925 e. The second kappa shape index (κ2) is 5.15. The molecule has 0 aliphatic rings. The highest BCUT2D eigenvalue weighted by Crippen LogP contribution is 2.09. The zero-order valence-electron chi connectivity index (χ0n) is 7.26. The third kappa shape index (κ3) is 3.22. The van der Waals surface area contributed by atoms with Gasteiger partial charge in [-0.3, -0.25) is 0 Å². The second-order valence-corrected chi connectivity index (χ2v) is 3.63. The molecule has 0 amide bonds. The van der Waals surface area contributed by atoms with Crippen LogP contribution in [0.5, 0.6) is 0 Å². The lowest BCUT2D eigenvalue weighted by molar-refractivity contribution is 1.14. The highest BCUT2D eigenvalue weighted by Gasteiger charge is 1.88. The van der Waals surface area contributed by atoms with Gasteiger partial charge in [0.05, 0.1) is 0 Å². The van der Waals surface area contributed by atoms with Crippen molar-refractivity contribution in [2.45, 2.75) is 13.3 Å². The van der Waals surface area contributed by atoms with Crippen molar-refractivity contribution < 1.29 is 0 Å². The van der Waals surface area contributed by atoms with Gasteiger partial charge in [0.15, 0.2) is 0 Å². The lowest BCUT2D eigenvalue weighted by Crippen LogP contribution is -1.78. The number of rotatable bonds is 3. The molecule has 0 heterocycles. The molecule has 0 aromatic heterocycles.